The van der Waals surface area contributed by atoms with E-state index in [0.717, 1.165) is 0 Å². The maximum atomic E-state index is 13.0. The molecule has 4 heteroatoms. The lowest BCUT2D eigenvalue weighted by atomic mass is 9.96. The van der Waals surface area contributed by atoms with Crippen molar-refractivity contribution in [2.75, 3.05) is 13.6 Å². The van der Waals surface area contributed by atoms with Gasteiger partial charge in [0, 0.05) is 24.1 Å². The van der Waals surface area contributed by atoms with Crippen LogP contribution in [0.1, 0.15) is 31.1 Å². The molecule has 17 heavy (non-hydrogen) atoms. The number of amides is 1. The molecule has 2 nitrogen and oxygen atoms in total. The van der Waals surface area contributed by atoms with E-state index in [9.17, 15) is 9.18 Å². The summed E-state index contributed by atoms with van der Waals surface area (Å²) in [6.45, 7) is 6.83. The van der Waals surface area contributed by atoms with Crippen LogP contribution in [0.15, 0.2) is 23.1 Å². The topological polar surface area (TPSA) is 20.3 Å². The van der Waals surface area contributed by atoms with Crippen molar-refractivity contribution in [1.29, 1.82) is 0 Å². The Morgan fingerprint density at radius 2 is 2.00 bits per heavy atom. The van der Waals surface area contributed by atoms with Gasteiger partial charge in [-0.1, -0.05) is 20.8 Å². The summed E-state index contributed by atoms with van der Waals surface area (Å²) in [5.41, 5.74) is 0.497. The average molecular weight is 255 g/mol. The number of hydrogen-bond acceptors (Lipinski definition) is 2. The van der Waals surface area contributed by atoms with Crippen molar-refractivity contribution in [2.24, 2.45) is 5.41 Å². The third-order valence-corrected chi connectivity index (χ3v) is 2.59. The molecule has 0 saturated heterocycles. The number of rotatable bonds is 2. The molecule has 0 spiro atoms. The first-order valence-corrected chi connectivity index (χ1v) is 5.89. The average Bonchev–Trinajstić information content (AvgIpc) is 2.18. The number of thiol groups is 1. The SMILES string of the molecule is CN(CC(C)(C)C)C(=O)c1ccc(F)c(S)c1. The highest BCUT2D eigenvalue weighted by atomic mass is 32.1. The Labute approximate surface area is 107 Å². The highest BCUT2D eigenvalue weighted by Gasteiger charge is 2.19. The molecule has 0 aliphatic rings. The van der Waals surface area contributed by atoms with Crippen LogP contribution in [0.3, 0.4) is 0 Å². The van der Waals surface area contributed by atoms with Gasteiger partial charge in [-0.2, -0.15) is 0 Å². The maximum Gasteiger partial charge on any atom is 0.253 e. The van der Waals surface area contributed by atoms with Crippen molar-refractivity contribution in [3.63, 3.8) is 0 Å². The van der Waals surface area contributed by atoms with Gasteiger partial charge >= 0.3 is 0 Å². The van der Waals surface area contributed by atoms with Crippen LogP contribution in [-0.4, -0.2) is 24.4 Å². The Morgan fingerprint density at radius 1 is 1.41 bits per heavy atom. The van der Waals surface area contributed by atoms with Crippen LogP contribution in [0.25, 0.3) is 0 Å². The summed E-state index contributed by atoms with van der Waals surface area (Å²) in [5.74, 6) is -0.529. The first-order chi connectivity index (χ1) is 7.70. The fraction of sp³-hybridized carbons (Fsp3) is 0.462. The molecule has 0 aromatic heterocycles. The molecule has 0 aliphatic carbocycles. The molecule has 0 atom stereocenters. The normalized spacial score (nSPS) is 11.4. The Morgan fingerprint density at radius 3 is 2.47 bits per heavy atom. The monoisotopic (exact) mass is 255 g/mol. The molecule has 0 heterocycles. The summed E-state index contributed by atoms with van der Waals surface area (Å²) in [7, 11) is 1.75. The molecule has 0 N–H and O–H groups in total. The van der Waals surface area contributed by atoms with Gasteiger partial charge in [0.05, 0.1) is 0 Å². The lowest BCUT2D eigenvalue weighted by molar-refractivity contribution is 0.0745. The van der Waals surface area contributed by atoms with E-state index >= 15 is 0 Å². The summed E-state index contributed by atoms with van der Waals surface area (Å²) in [6, 6.07) is 4.21. The number of hydrogen-bond donors (Lipinski definition) is 1. The quantitative estimate of drug-likeness (QED) is 0.804. The zero-order valence-corrected chi connectivity index (χ0v) is 11.5. The zero-order chi connectivity index (χ0) is 13.2. The fourth-order valence-corrected chi connectivity index (χ4v) is 1.86. The lowest BCUT2D eigenvalue weighted by Gasteiger charge is -2.26. The van der Waals surface area contributed by atoms with E-state index < -0.39 is 5.82 Å². The largest absolute Gasteiger partial charge is 0.341 e. The molecule has 1 rings (SSSR count). The van der Waals surface area contributed by atoms with Crippen LogP contribution in [-0.2, 0) is 0 Å². The summed E-state index contributed by atoms with van der Waals surface area (Å²) < 4.78 is 13.0. The highest BCUT2D eigenvalue weighted by molar-refractivity contribution is 7.80. The van der Waals surface area contributed by atoms with E-state index in [2.05, 4.69) is 33.4 Å². The highest BCUT2D eigenvalue weighted by Crippen LogP contribution is 2.18. The van der Waals surface area contributed by atoms with Gasteiger partial charge in [-0.05, 0) is 23.6 Å². The number of halogens is 1. The Balaban J connectivity index is 2.85. The summed E-state index contributed by atoms with van der Waals surface area (Å²) in [4.78, 5) is 13.9. The van der Waals surface area contributed by atoms with Crippen LogP contribution < -0.4 is 0 Å². The number of carbonyl (C=O) groups is 1. The van der Waals surface area contributed by atoms with Crippen LogP contribution in [0.5, 0.6) is 0 Å². The van der Waals surface area contributed by atoms with Crippen LogP contribution in [0.4, 0.5) is 4.39 Å². The van der Waals surface area contributed by atoms with Gasteiger partial charge in [0.25, 0.3) is 5.91 Å². The molecule has 1 aromatic carbocycles. The van der Waals surface area contributed by atoms with Crippen LogP contribution >= 0.6 is 12.6 Å². The minimum atomic E-state index is -0.414. The first kappa shape index (κ1) is 14.0. The molecular weight excluding hydrogens is 237 g/mol. The summed E-state index contributed by atoms with van der Waals surface area (Å²) >= 11 is 3.97. The standard InChI is InChI=1S/C13H18FNOS/c1-13(2,3)8-15(4)12(16)9-5-6-10(14)11(17)7-9/h5-7,17H,8H2,1-4H3. The summed E-state index contributed by atoms with van der Waals surface area (Å²) in [6.07, 6.45) is 0. The van der Waals surface area contributed by atoms with Gasteiger partial charge in [-0.15, -0.1) is 12.6 Å². The molecule has 1 amide bonds. The van der Waals surface area contributed by atoms with Crippen molar-refractivity contribution in [3.8, 4) is 0 Å². The Bertz CT molecular complexity index is 426. The van der Waals surface area contributed by atoms with E-state index in [1.165, 1.54) is 18.2 Å². The lowest BCUT2D eigenvalue weighted by Crippen LogP contribution is -2.34. The third kappa shape index (κ3) is 4.04. The second-order valence-corrected chi connectivity index (χ2v) is 5.87. The number of nitrogens with zero attached hydrogens (tertiary/aromatic N) is 1. The minimum absolute atomic E-state index is 0.0359. The van der Waals surface area contributed by atoms with Gasteiger partial charge in [0.1, 0.15) is 5.82 Å². The van der Waals surface area contributed by atoms with Gasteiger partial charge in [0.2, 0.25) is 0 Å². The maximum absolute atomic E-state index is 13.0. The van der Waals surface area contributed by atoms with Crippen LogP contribution in [0, 0.1) is 11.2 Å². The van der Waals surface area contributed by atoms with E-state index in [4.69, 9.17) is 0 Å². The second-order valence-electron chi connectivity index (χ2n) is 5.39. The summed E-state index contributed by atoms with van der Waals surface area (Å²) in [5, 5.41) is 0. The minimum Gasteiger partial charge on any atom is -0.341 e. The third-order valence-electron chi connectivity index (χ3n) is 2.25. The van der Waals surface area contributed by atoms with Crippen molar-refractivity contribution < 1.29 is 9.18 Å². The van der Waals surface area contributed by atoms with Crippen molar-refractivity contribution in [2.45, 2.75) is 25.7 Å². The van der Waals surface area contributed by atoms with Gasteiger partial charge in [-0.25, -0.2) is 4.39 Å². The Hall–Kier alpha value is -1.03. The van der Waals surface area contributed by atoms with Gasteiger partial charge in [0.15, 0.2) is 0 Å². The smallest absolute Gasteiger partial charge is 0.253 e. The van der Waals surface area contributed by atoms with Gasteiger partial charge in [-0.3, -0.25) is 4.79 Å². The predicted molar refractivity (Wildman–Crippen MR) is 70.1 cm³/mol. The van der Waals surface area contributed by atoms with Crippen molar-refractivity contribution in [1.82, 2.24) is 4.90 Å². The predicted octanol–water partition coefficient (Wildman–Crippen LogP) is 3.23. The molecule has 0 bridgehead atoms. The molecule has 94 valence electrons. The molecule has 0 aliphatic heterocycles. The number of benzene rings is 1. The molecule has 0 saturated carbocycles. The van der Waals surface area contributed by atoms with E-state index in [1.54, 1.807) is 11.9 Å². The van der Waals surface area contributed by atoms with E-state index in [-0.39, 0.29) is 16.2 Å². The zero-order valence-electron chi connectivity index (χ0n) is 10.6. The number of carbonyl (C=O) groups excluding carboxylic acids is 1. The molecule has 0 unspecified atom stereocenters. The fourth-order valence-electron chi connectivity index (χ4n) is 1.65. The van der Waals surface area contributed by atoms with Crippen molar-refractivity contribution >= 4 is 18.5 Å². The van der Waals surface area contributed by atoms with Crippen LogP contribution in [0.2, 0.25) is 0 Å². The van der Waals surface area contributed by atoms with Crippen molar-refractivity contribution in [3.05, 3.63) is 29.6 Å². The molecule has 0 fully saturated rings. The first-order valence-electron chi connectivity index (χ1n) is 5.45. The molecule has 1 aromatic rings. The van der Waals surface area contributed by atoms with Gasteiger partial charge < -0.3 is 4.90 Å². The molecular formula is C13H18FNOS. The Kier molecular flexibility index (Phi) is 4.20. The van der Waals surface area contributed by atoms with E-state index in [0.29, 0.717) is 12.1 Å². The second kappa shape index (κ2) is 5.08. The molecule has 0 radical (unpaired) electrons. The van der Waals surface area contributed by atoms with E-state index in [1.807, 2.05) is 0 Å².